The summed E-state index contributed by atoms with van der Waals surface area (Å²) < 4.78 is 7.73. The molecule has 0 radical (unpaired) electrons. The molecule has 5 heteroatoms. The third kappa shape index (κ3) is 16.5. The maximum Gasteiger partial charge on any atom is 0.499 e. The molecule has 0 saturated heterocycles. The molecule has 0 amide bonds. The van der Waals surface area contributed by atoms with E-state index in [0.717, 1.165) is 32.1 Å². The van der Waals surface area contributed by atoms with Crippen molar-refractivity contribution in [2.24, 2.45) is 0 Å². The lowest BCUT2D eigenvalue weighted by atomic mass is 10.0. The molecule has 2 N–H and O–H groups in total. The highest BCUT2D eigenvalue weighted by atomic mass is 31.2. The van der Waals surface area contributed by atoms with Crippen molar-refractivity contribution < 1.29 is 14.3 Å². The maximum absolute atomic E-state index is 10.8. The summed E-state index contributed by atoms with van der Waals surface area (Å²) in [5.41, 5.74) is 0. The van der Waals surface area contributed by atoms with E-state index in [-0.39, 0.29) is 18.2 Å². The summed E-state index contributed by atoms with van der Waals surface area (Å²) in [6, 6.07) is 0.0954. The molecule has 0 saturated carbocycles. The number of nitrogens with zero attached hydrogens (tertiary/aromatic N) is 1. The van der Waals surface area contributed by atoms with Crippen LogP contribution in [0, 0.1) is 0 Å². The lowest BCUT2D eigenvalue weighted by Gasteiger charge is -2.32. The van der Waals surface area contributed by atoms with E-state index in [1.165, 1.54) is 77.0 Å². The summed E-state index contributed by atoms with van der Waals surface area (Å²) in [5.74, 6) is 0. The fraction of sp³-hybridized carbons (Fsp3) is 1.00. The minimum atomic E-state index is -3.51. The van der Waals surface area contributed by atoms with E-state index in [0.29, 0.717) is 0 Å². The second-order valence-corrected chi connectivity index (χ2v) is 11.7. The Balaban J connectivity index is 4.07. The van der Waals surface area contributed by atoms with Crippen molar-refractivity contribution in [3.63, 3.8) is 0 Å². The summed E-state index contributed by atoms with van der Waals surface area (Å²) in [6.45, 7) is 12.4. The van der Waals surface area contributed by atoms with Gasteiger partial charge in [-0.05, 0) is 40.5 Å². The van der Waals surface area contributed by atoms with E-state index in [1.54, 1.807) is 4.67 Å². The Morgan fingerprint density at radius 1 is 0.581 bits per heavy atom. The molecule has 31 heavy (non-hydrogen) atoms. The molecule has 0 aliphatic heterocycles. The van der Waals surface area contributed by atoms with Crippen molar-refractivity contribution in [1.82, 2.24) is 4.67 Å². The Kier molecular flexibility index (Phi) is 19.9. The van der Waals surface area contributed by atoms with Gasteiger partial charge in [-0.3, -0.25) is 0 Å². The van der Waals surface area contributed by atoms with Gasteiger partial charge in [0.15, 0.2) is 0 Å². The smallest absolute Gasteiger partial charge is 0.177 e. The Morgan fingerprint density at radius 3 is 1.32 bits per heavy atom. The number of unbranched alkanes of at least 4 members (excludes halogenated alkanes) is 13. The van der Waals surface area contributed by atoms with E-state index in [4.69, 9.17) is 4.52 Å². The van der Waals surface area contributed by atoms with Crippen LogP contribution in [0.4, 0.5) is 0 Å². The lowest BCUT2D eigenvalue weighted by Crippen LogP contribution is -2.38. The van der Waals surface area contributed by atoms with Crippen LogP contribution < -0.4 is 0 Å². The monoisotopic (exact) mass is 462 g/mol. The van der Waals surface area contributed by atoms with Crippen molar-refractivity contribution in [1.29, 1.82) is 0 Å². The lowest BCUT2D eigenvalue weighted by molar-refractivity contribution is 0.0824. The molecule has 0 aromatic carbocycles. The molecule has 0 aromatic rings. The minimum absolute atomic E-state index is 0.0454. The topological polar surface area (TPSA) is 52.9 Å². The van der Waals surface area contributed by atoms with Crippen LogP contribution in [0.15, 0.2) is 0 Å². The van der Waals surface area contributed by atoms with Crippen molar-refractivity contribution in [2.45, 2.75) is 169 Å². The van der Waals surface area contributed by atoms with Crippen molar-refractivity contribution >= 4 is 8.09 Å². The number of hydrogen-bond acceptors (Lipinski definition) is 4. The summed E-state index contributed by atoms with van der Waals surface area (Å²) in [7, 11) is -3.51. The first-order valence-electron chi connectivity index (χ1n) is 13.6. The van der Waals surface area contributed by atoms with E-state index in [1.807, 2.05) is 27.7 Å². The average Bonchev–Trinajstić information content (AvgIpc) is 2.68. The van der Waals surface area contributed by atoms with Crippen LogP contribution in [0.25, 0.3) is 0 Å². The molecule has 1 unspecified atom stereocenters. The molecule has 0 spiro atoms. The highest BCUT2D eigenvalue weighted by Gasteiger charge is 2.50. The molecule has 188 valence electrons. The van der Waals surface area contributed by atoms with Gasteiger partial charge in [0.2, 0.25) is 0 Å². The summed E-state index contributed by atoms with van der Waals surface area (Å²) in [5, 5.41) is 0. The summed E-state index contributed by atoms with van der Waals surface area (Å²) in [4.78, 5) is 21.5. The number of rotatable bonds is 22. The van der Waals surface area contributed by atoms with E-state index >= 15 is 0 Å². The van der Waals surface area contributed by atoms with Crippen LogP contribution in [0.3, 0.4) is 0 Å². The fourth-order valence-electron chi connectivity index (χ4n) is 4.52. The zero-order valence-electron chi connectivity index (χ0n) is 21.9. The molecule has 0 fully saturated rings. The second kappa shape index (κ2) is 19.7. The second-order valence-electron chi connectivity index (χ2n) is 9.98. The Bertz CT molecular complexity index is 383. The van der Waals surface area contributed by atoms with Gasteiger partial charge in [-0.25, -0.2) is 0 Å². The highest BCUT2D eigenvalue weighted by Crippen LogP contribution is 2.58. The van der Waals surface area contributed by atoms with Gasteiger partial charge in [-0.2, -0.15) is 14.3 Å². The van der Waals surface area contributed by atoms with Crippen LogP contribution in [0.5, 0.6) is 0 Å². The van der Waals surface area contributed by atoms with Crippen LogP contribution in [-0.2, 0) is 4.52 Å². The first-order chi connectivity index (χ1) is 14.8. The molecule has 1 atom stereocenters. The van der Waals surface area contributed by atoms with Gasteiger partial charge in [0.1, 0.15) is 6.10 Å². The molecule has 0 rings (SSSR count). The predicted octanol–water partition coefficient (Wildman–Crippen LogP) is 8.82. The molecule has 0 aliphatic carbocycles. The summed E-state index contributed by atoms with van der Waals surface area (Å²) in [6.07, 6.45) is 21.5. The van der Waals surface area contributed by atoms with E-state index < -0.39 is 8.09 Å². The van der Waals surface area contributed by atoms with Crippen LogP contribution in [0.2, 0.25) is 0 Å². The van der Waals surface area contributed by atoms with Gasteiger partial charge in [-0.15, -0.1) is 0 Å². The SMILES string of the molecule is CCCCCCCCCCCCCCCC(CCCC)O[P+](O)(O)N(C(C)C)C(C)C. The third-order valence-corrected chi connectivity index (χ3v) is 8.27. The highest BCUT2D eigenvalue weighted by molar-refractivity contribution is 7.57. The van der Waals surface area contributed by atoms with Crippen LogP contribution >= 0.6 is 8.09 Å². The maximum atomic E-state index is 10.8. The first kappa shape index (κ1) is 31.3. The van der Waals surface area contributed by atoms with Gasteiger partial charge in [0, 0.05) is 12.1 Å². The zero-order valence-corrected chi connectivity index (χ0v) is 22.8. The van der Waals surface area contributed by atoms with Gasteiger partial charge in [0.05, 0.1) is 0 Å². The molecule has 0 aliphatic rings. The molecule has 0 bridgehead atoms. The van der Waals surface area contributed by atoms with E-state index in [9.17, 15) is 9.79 Å². The predicted molar refractivity (Wildman–Crippen MR) is 138 cm³/mol. The fourth-order valence-corrected chi connectivity index (χ4v) is 6.45. The van der Waals surface area contributed by atoms with Gasteiger partial charge in [0.25, 0.3) is 0 Å². The average molecular weight is 463 g/mol. The Hall–Kier alpha value is 0.270. The standard InChI is InChI=1S/C26H57NO3P/c1-7-9-11-12-13-14-15-16-17-18-19-20-21-23-26(22-10-8-2)30-31(28,29)27(24(3)4)25(5)6/h24-26,28-29H,7-23H2,1-6H3/q+1. The van der Waals surface area contributed by atoms with Gasteiger partial charge < -0.3 is 0 Å². The molecule has 0 aromatic heterocycles. The van der Waals surface area contributed by atoms with Crippen molar-refractivity contribution in [3.8, 4) is 0 Å². The zero-order chi connectivity index (χ0) is 23.5. The summed E-state index contributed by atoms with van der Waals surface area (Å²) >= 11 is 0. The minimum Gasteiger partial charge on any atom is -0.177 e. The first-order valence-corrected chi connectivity index (χ1v) is 15.1. The molecule has 0 heterocycles. The largest absolute Gasteiger partial charge is 0.499 e. The van der Waals surface area contributed by atoms with Gasteiger partial charge in [-0.1, -0.05) is 115 Å². The van der Waals surface area contributed by atoms with Crippen molar-refractivity contribution in [2.75, 3.05) is 0 Å². The molecular weight excluding hydrogens is 405 g/mol. The van der Waals surface area contributed by atoms with Gasteiger partial charge >= 0.3 is 8.09 Å². The van der Waals surface area contributed by atoms with Crippen LogP contribution in [-0.4, -0.2) is 32.6 Å². The third-order valence-electron chi connectivity index (χ3n) is 6.16. The Morgan fingerprint density at radius 2 is 0.935 bits per heavy atom. The molecule has 4 nitrogen and oxygen atoms in total. The quantitative estimate of drug-likeness (QED) is 0.125. The Labute approximate surface area is 196 Å². The van der Waals surface area contributed by atoms with E-state index in [2.05, 4.69) is 13.8 Å². The normalized spacial score (nSPS) is 13.6. The van der Waals surface area contributed by atoms with Crippen molar-refractivity contribution in [3.05, 3.63) is 0 Å². The van der Waals surface area contributed by atoms with Crippen LogP contribution in [0.1, 0.15) is 151 Å². The molecular formula is C26H57NO3P+. The number of hydrogen-bond donors (Lipinski definition) is 2.